The molecule has 5 heterocycles. The average molecular weight is 544 g/mol. The number of amides is 1. The third kappa shape index (κ3) is 4.54. The maximum atomic E-state index is 14.5. The van der Waals surface area contributed by atoms with Crippen LogP contribution in [0.5, 0.6) is 0 Å². The van der Waals surface area contributed by atoms with Gasteiger partial charge >= 0.3 is 6.18 Å². The Labute approximate surface area is 224 Å². The highest BCUT2D eigenvalue weighted by Gasteiger charge is 2.39. The van der Waals surface area contributed by atoms with Crippen LogP contribution in [-0.2, 0) is 35.7 Å². The number of aryl methyl sites for hydroxylation is 1. The number of ether oxygens (including phenoxy) is 1. The van der Waals surface area contributed by atoms with Crippen molar-refractivity contribution < 1.29 is 22.7 Å². The highest BCUT2D eigenvalue weighted by Crippen LogP contribution is 2.47. The lowest BCUT2D eigenvalue weighted by molar-refractivity contribution is -0.137. The quantitative estimate of drug-likeness (QED) is 0.495. The first kappa shape index (κ1) is 25.7. The van der Waals surface area contributed by atoms with E-state index in [1.807, 2.05) is 16.8 Å². The van der Waals surface area contributed by atoms with Crippen LogP contribution in [0, 0.1) is 0 Å². The van der Waals surface area contributed by atoms with Gasteiger partial charge in [0.15, 0.2) is 5.82 Å². The minimum atomic E-state index is -4.56. The largest absolute Gasteiger partial charge is 0.417 e. The van der Waals surface area contributed by atoms with Crippen LogP contribution in [-0.4, -0.2) is 70.3 Å². The van der Waals surface area contributed by atoms with Crippen LogP contribution in [0.3, 0.4) is 0 Å². The van der Waals surface area contributed by atoms with Crippen molar-refractivity contribution in [3.63, 3.8) is 0 Å². The number of nitrogens with zero attached hydrogens (tertiary/aromatic N) is 7. The van der Waals surface area contributed by atoms with Crippen LogP contribution in [0.25, 0.3) is 11.1 Å². The van der Waals surface area contributed by atoms with Crippen LogP contribution < -0.4 is 9.80 Å². The van der Waals surface area contributed by atoms with Crippen molar-refractivity contribution in [2.45, 2.75) is 44.9 Å². The number of anilines is 3. The SMILES string of the molecule is CC(=O)N1CCc2c(c(N3CCN(C)c4cc(-c5cnn(C)c5)c(C(F)(F)F)cc43)nn2C2CCOCC2)C1. The number of hydrogen-bond acceptors (Lipinski definition) is 6. The number of alkyl halides is 3. The standard InChI is InChI=1S/C27H32F3N7O2/c1-17(38)35-7-4-23-21(16-35)26(32-37(23)19-5-10-39-11-6-19)36-9-8-33(2)24-12-20(18-14-31-34(3)15-18)22(13-25(24)36)27(28,29)30/h12-15,19H,4-11,16H2,1-3H3. The summed E-state index contributed by atoms with van der Waals surface area (Å²) in [6.07, 6.45) is 0.813. The smallest absolute Gasteiger partial charge is 0.381 e. The lowest BCUT2D eigenvalue weighted by Gasteiger charge is -2.38. The first-order valence-corrected chi connectivity index (χ1v) is 13.3. The highest BCUT2D eigenvalue weighted by molar-refractivity contribution is 5.86. The number of halogens is 3. The Kier molecular flexibility index (Phi) is 6.32. The Morgan fingerprint density at radius 1 is 1.08 bits per heavy atom. The number of aromatic nitrogens is 4. The Morgan fingerprint density at radius 2 is 1.85 bits per heavy atom. The Morgan fingerprint density at radius 3 is 2.51 bits per heavy atom. The van der Waals surface area contributed by atoms with E-state index in [4.69, 9.17) is 9.84 Å². The summed E-state index contributed by atoms with van der Waals surface area (Å²) >= 11 is 0. The van der Waals surface area contributed by atoms with Gasteiger partial charge < -0.3 is 19.4 Å². The van der Waals surface area contributed by atoms with Gasteiger partial charge in [-0.25, -0.2) is 0 Å². The molecule has 1 fully saturated rings. The molecule has 2 aromatic heterocycles. The zero-order valence-electron chi connectivity index (χ0n) is 22.3. The number of benzene rings is 1. The predicted molar refractivity (Wildman–Crippen MR) is 140 cm³/mol. The van der Waals surface area contributed by atoms with Crippen LogP contribution in [0.1, 0.15) is 42.6 Å². The van der Waals surface area contributed by atoms with Crippen LogP contribution >= 0.6 is 0 Å². The predicted octanol–water partition coefficient (Wildman–Crippen LogP) is 4.15. The molecule has 0 saturated carbocycles. The van der Waals surface area contributed by atoms with Gasteiger partial charge in [-0.05, 0) is 30.5 Å². The van der Waals surface area contributed by atoms with Crippen LogP contribution in [0.2, 0.25) is 0 Å². The average Bonchev–Trinajstić information content (AvgIpc) is 3.52. The fourth-order valence-electron chi connectivity index (χ4n) is 5.99. The normalized spacial score (nSPS) is 18.4. The van der Waals surface area contributed by atoms with Crippen molar-refractivity contribution in [1.29, 1.82) is 0 Å². The van der Waals surface area contributed by atoms with Crippen molar-refractivity contribution in [1.82, 2.24) is 24.5 Å². The summed E-state index contributed by atoms with van der Waals surface area (Å²) < 4.78 is 52.5. The van der Waals surface area contributed by atoms with Gasteiger partial charge in [-0.1, -0.05) is 0 Å². The van der Waals surface area contributed by atoms with Crippen molar-refractivity contribution >= 4 is 23.1 Å². The lowest BCUT2D eigenvalue weighted by Crippen LogP contribution is -2.38. The summed E-state index contributed by atoms with van der Waals surface area (Å²) in [6.45, 7) is 4.93. The summed E-state index contributed by atoms with van der Waals surface area (Å²) in [5, 5.41) is 9.17. The van der Waals surface area contributed by atoms with Gasteiger partial charge in [-0.3, -0.25) is 14.2 Å². The number of carbonyl (C=O) groups excluding carboxylic acids is 1. The van der Waals surface area contributed by atoms with Crippen molar-refractivity contribution in [2.24, 2.45) is 7.05 Å². The molecule has 12 heteroatoms. The molecule has 1 saturated heterocycles. The minimum absolute atomic E-state index is 0.0235. The zero-order chi connectivity index (χ0) is 27.5. The Bertz CT molecular complexity index is 1410. The molecule has 3 aliphatic heterocycles. The number of fused-ring (bicyclic) bond motifs is 2. The molecule has 208 valence electrons. The molecular formula is C27H32F3N7O2. The minimum Gasteiger partial charge on any atom is -0.381 e. The number of rotatable bonds is 3. The highest BCUT2D eigenvalue weighted by atomic mass is 19.4. The summed E-state index contributed by atoms with van der Waals surface area (Å²) in [4.78, 5) is 18.0. The molecule has 0 unspecified atom stereocenters. The first-order chi connectivity index (χ1) is 18.6. The second-order valence-electron chi connectivity index (χ2n) is 10.6. The maximum absolute atomic E-state index is 14.5. The third-order valence-corrected chi connectivity index (χ3v) is 8.10. The summed E-state index contributed by atoms with van der Waals surface area (Å²) in [5.41, 5.74) is 2.95. The Hall–Kier alpha value is -3.54. The monoisotopic (exact) mass is 543 g/mol. The molecule has 3 aromatic rings. The van der Waals surface area contributed by atoms with Crippen molar-refractivity contribution in [3.8, 4) is 11.1 Å². The molecular weight excluding hydrogens is 511 g/mol. The first-order valence-electron chi connectivity index (χ1n) is 13.3. The summed E-state index contributed by atoms with van der Waals surface area (Å²) in [6, 6.07) is 3.03. The van der Waals surface area contributed by atoms with E-state index < -0.39 is 11.7 Å². The van der Waals surface area contributed by atoms with Crippen LogP contribution in [0.15, 0.2) is 24.5 Å². The zero-order valence-corrected chi connectivity index (χ0v) is 22.3. The van der Waals surface area contributed by atoms with E-state index in [0.717, 1.165) is 24.1 Å². The van der Waals surface area contributed by atoms with Crippen molar-refractivity contribution in [3.05, 3.63) is 41.3 Å². The molecule has 9 nitrogen and oxygen atoms in total. The van der Waals surface area contributed by atoms with Gasteiger partial charge in [0.25, 0.3) is 0 Å². The van der Waals surface area contributed by atoms with Crippen molar-refractivity contribution in [2.75, 3.05) is 49.7 Å². The van der Waals surface area contributed by atoms with E-state index in [2.05, 4.69) is 9.78 Å². The third-order valence-electron chi connectivity index (χ3n) is 8.10. The topological polar surface area (TPSA) is 71.7 Å². The molecule has 3 aliphatic rings. The molecule has 0 spiro atoms. The van der Waals surface area contributed by atoms with E-state index in [9.17, 15) is 18.0 Å². The summed E-state index contributed by atoms with van der Waals surface area (Å²) in [5.74, 6) is 0.615. The van der Waals surface area contributed by atoms with Gasteiger partial charge in [-0.15, -0.1) is 0 Å². The number of hydrogen-bond donors (Lipinski definition) is 0. The number of carbonyl (C=O) groups is 1. The summed E-state index contributed by atoms with van der Waals surface area (Å²) in [7, 11) is 3.58. The molecule has 1 aromatic carbocycles. The fraction of sp³-hybridized carbons (Fsp3) is 0.519. The van der Waals surface area contributed by atoms with E-state index in [-0.39, 0.29) is 17.5 Å². The molecule has 0 N–H and O–H groups in total. The van der Waals surface area contributed by atoms with Gasteiger partial charge in [0, 0.05) is 83.3 Å². The fourth-order valence-corrected chi connectivity index (χ4v) is 5.99. The molecule has 39 heavy (non-hydrogen) atoms. The van der Waals surface area contributed by atoms with E-state index in [1.165, 1.54) is 16.9 Å². The molecule has 1 amide bonds. The molecule has 0 bridgehead atoms. The lowest BCUT2D eigenvalue weighted by atomic mass is 9.97. The molecule has 0 atom stereocenters. The Balaban J connectivity index is 1.51. The van der Waals surface area contributed by atoms with Gasteiger partial charge in [-0.2, -0.15) is 23.4 Å². The second kappa shape index (κ2) is 9.58. The van der Waals surface area contributed by atoms with E-state index >= 15 is 0 Å². The molecule has 0 aliphatic carbocycles. The van der Waals surface area contributed by atoms with Gasteiger partial charge in [0.1, 0.15) is 0 Å². The molecule has 0 radical (unpaired) electrons. The number of likely N-dealkylation sites (N-methyl/N-ethyl adjacent to an activating group) is 1. The van der Waals surface area contributed by atoms with Gasteiger partial charge in [0.2, 0.25) is 5.91 Å². The maximum Gasteiger partial charge on any atom is 0.417 e. The second-order valence-corrected chi connectivity index (χ2v) is 10.6. The van der Waals surface area contributed by atoms with Gasteiger partial charge in [0.05, 0.1) is 35.7 Å². The van der Waals surface area contributed by atoms with Crippen LogP contribution in [0.4, 0.5) is 30.4 Å². The van der Waals surface area contributed by atoms with E-state index in [1.54, 1.807) is 31.1 Å². The van der Waals surface area contributed by atoms with E-state index in [0.29, 0.717) is 68.6 Å². The molecule has 6 rings (SSSR count).